The van der Waals surface area contributed by atoms with Crippen LogP contribution in [-0.4, -0.2) is 40.0 Å². The van der Waals surface area contributed by atoms with E-state index in [1.165, 1.54) is 6.33 Å². The number of hydrogen-bond donors (Lipinski definition) is 1. The molecule has 0 aliphatic heterocycles. The molecule has 0 spiro atoms. The summed E-state index contributed by atoms with van der Waals surface area (Å²) in [7, 11) is 0. The summed E-state index contributed by atoms with van der Waals surface area (Å²) >= 11 is 0. The molecule has 7 nitrogen and oxygen atoms in total. The van der Waals surface area contributed by atoms with Crippen molar-refractivity contribution in [1.29, 1.82) is 0 Å². The van der Waals surface area contributed by atoms with Gasteiger partial charge in [-0.05, 0) is 26.0 Å². The zero-order valence-electron chi connectivity index (χ0n) is 13.4. The van der Waals surface area contributed by atoms with Crippen molar-refractivity contribution in [2.75, 3.05) is 18.5 Å². The highest BCUT2D eigenvalue weighted by molar-refractivity contribution is 5.90. The van der Waals surface area contributed by atoms with E-state index in [4.69, 9.17) is 9.47 Å². The molecule has 0 bridgehead atoms. The predicted octanol–water partition coefficient (Wildman–Crippen LogP) is 2.11. The molecule has 1 heterocycles. The van der Waals surface area contributed by atoms with Gasteiger partial charge in [0, 0.05) is 11.8 Å². The molecule has 0 aliphatic rings. The molecule has 2 aromatic rings. The third kappa shape index (κ3) is 6.48. The van der Waals surface area contributed by atoms with Crippen LogP contribution >= 0.6 is 0 Å². The molecule has 1 aromatic carbocycles. The van der Waals surface area contributed by atoms with Gasteiger partial charge in [-0.25, -0.2) is 9.67 Å². The second kappa shape index (κ2) is 8.89. The first kappa shape index (κ1) is 17.0. The topological polar surface area (TPSA) is 78.3 Å². The monoisotopic (exact) mass is 318 g/mol. The smallest absolute Gasteiger partial charge is 0.226 e. The average Bonchev–Trinajstić information content (AvgIpc) is 3.00. The fraction of sp³-hybridized carbons (Fsp3) is 0.438. The van der Waals surface area contributed by atoms with E-state index in [0.29, 0.717) is 37.6 Å². The second-order valence-corrected chi connectivity index (χ2v) is 5.25. The first-order chi connectivity index (χ1) is 11.1. The van der Waals surface area contributed by atoms with Gasteiger partial charge in [-0.3, -0.25) is 4.79 Å². The lowest BCUT2D eigenvalue weighted by molar-refractivity contribution is -0.117. The number of benzene rings is 1. The Kier molecular flexibility index (Phi) is 6.56. The van der Waals surface area contributed by atoms with E-state index in [2.05, 4.69) is 15.4 Å². The fourth-order valence-electron chi connectivity index (χ4n) is 1.88. The Hall–Kier alpha value is -2.41. The Morgan fingerprint density at radius 3 is 2.96 bits per heavy atom. The van der Waals surface area contributed by atoms with Crippen molar-refractivity contribution in [1.82, 2.24) is 14.8 Å². The van der Waals surface area contributed by atoms with Crippen molar-refractivity contribution in [3.63, 3.8) is 0 Å². The van der Waals surface area contributed by atoms with E-state index in [-0.39, 0.29) is 12.0 Å². The van der Waals surface area contributed by atoms with Crippen molar-refractivity contribution >= 4 is 11.6 Å². The number of carbonyl (C=O) groups excluding carboxylic acids is 1. The van der Waals surface area contributed by atoms with Crippen molar-refractivity contribution in [3.8, 4) is 5.75 Å². The van der Waals surface area contributed by atoms with Crippen molar-refractivity contribution < 1.29 is 14.3 Å². The van der Waals surface area contributed by atoms with Crippen LogP contribution in [0.3, 0.4) is 0 Å². The van der Waals surface area contributed by atoms with E-state index < -0.39 is 0 Å². The SMILES string of the molecule is CC(C)OCCC(=O)Nc1cccc(OCCn2cncn2)c1. The highest BCUT2D eigenvalue weighted by Gasteiger charge is 2.04. The number of rotatable bonds is 9. The number of anilines is 1. The average molecular weight is 318 g/mol. The molecule has 0 fully saturated rings. The molecule has 0 saturated heterocycles. The van der Waals surface area contributed by atoms with E-state index in [0.717, 1.165) is 0 Å². The van der Waals surface area contributed by atoms with Gasteiger partial charge in [0.25, 0.3) is 0 Å². The maximum absolute atomic E-state index is 11.8. The Balaban J connectivity index is 1.76. The minimum atomic E-state index is -0.0783. The van der Waals surface area contributed by atoms with Crippen molar-refractivity contribution in [3.05, 3.63) is 36.9 Å². The Labute approximate surface area is 135 Å². The summed E-state index contributed by atoms with van der Waals surface area (Å²) in [5.74, 6) is 0.617. The van der Waals surface area contributed by atoms with Gasteiger partial charge in [-0.2, -0.15) is 5.10 Å². The van der Waals surface area contributed by atoms with Crippen LogP contribution in [0.1, 0.15) is 20.3 Å². The minimum Gasteiger partial charge on any atom is -0.492 e. The van der Waals surface area contributed by atoms with Crippen LogP contribution in [0.4, 0.5) is 5.69 Å². The molecule has 1 aromatic heterocycles. The highest BCUT2D eigenvalue weighted by Crippen LogP contribution is 2.17. The number of ether oxygens (including phenoxy) is 2. The maximum Gasteiger partial charge on any atom is 0.226 e. The first-order valence-corrected chi connectivity index (χ1v) is 7.60. The van der Waals surface area contributed by atoms with E-state index >= 15 is 0 Å². The van der Waals surface area contributed by atoms with Gasteiger partial charge in [0.05, 0.1) is 25.7 Å². The molecule has 0 unspecified atom stereocenters. The minimum absolute atomic E-state index is 0.0783. The second-order valence-electron chi connectivity index (χ2n) is 5.25. The summed E-state index contributed by atoms with van der Waals surface area (Å²) in [6.45, 7) is 5.39. The number of amides is 1. The third-order valence-corrected chi connectivity index (χ3v) is 2.95. The lowest BCUT2D eigenvalue weighted by Crippen LogP contribution is -2.16. The van der Waals surface area contributed by atoms with E-state index in [1.54, 1.807) is 17.1 Å². The molecular weight excluding hydrogens is 296 g/mol. The van der Waals surface area contributed by atoms with Gasteiger partial charge in [0.1, 0.15) is 25.0 Å². The van der Waals surface area contributed by atoms with Crippen LogP contribution < -0.4 is 10.1 Å². The molecule has 124 valence electrons. The maximum atomic E-state index is 11.8. The van der Waals surface area contributed by atoms with Gasteiger partial charge < -0.3 is 14.8 Å². The molecule has 0 atom stereocenters. The lowest BCUT2D eigenvalue weighted by Gasteiger charge is -2.10. The fourth-order valence-corrected chi connectivity index (χ4v) is 1.88. The Morgan fingerprint density at radius 2 is 2.22 bits per heavy atom. The molecule has 2 rings (SSSR count). The Bertz CT molecular complexity index is 599. The third-order valence-electron chi connectivity index (χ3n) is 2.95. The summed E-state index contributed by atoms with van der Waals surface area (Å²) in [5, 5.41) is 6.84. The zero-order chi connectivity index (χ0) is 16.5. The highest BCUT2D eigenvalue weighted by atomic mass is 16.5. The van der Waals surface area contributed by atoms with E-state index in [1.807, 2.05) is 32.0 Å². The van der Waals surface area contributed by atoms with Crippen LogP contribution in [0.15, 0.2) is 36.9 Å². The van der Waals surface area contributed by atoms with Gasteiger partial charge in [0.15, 0.2) is 0 Å². The van der Waals surface area contributed by atoms with Gasteiger partial charge >= 0.3 is 0 Å². The molecule has 0 saturated carbocycles. The van der Waals surface area contributed by atoms with Crippen LogP contribution in [0.5, 0.6) is 5.75 Å². The summed E-state index contributed by atoms with van der Waals surface area (Å²) in [5.41, 5.74) is 0.706. The van der Waals surface area contributed by atoms with Gasteiger partial charge in [-0.15, -0.1) is 0 Å². The van der Waals surface area contributed by atoms with Gasteiger partial charge in [-0.1, -0.05) is 6.07 Å². The predicted molar refractivity (Wildman–Crippen MR) is 86.3 cm³/mol. The summed E-state index contributed by atoms with van der Waals surface area (Å²) in [6.07, 6.45) is 3.58. The van der Waals surface area contributed by atoms with E-state index in [9.17, 15) is 4.79 Å². The number of nitrogens with one attached hydrogen (secondary N) is 1. The molecule has 1 N–H and O–H groups in total. The molecule has 7 heteroatoms. The standard InChI is InChI=1S/C16H22N4O3/c1-13(2)22-8-6-16(21)19-14-4-3-5-15(10-14)23-9-7-20-12-17-11-18-20/h3-5,10-13H,6-9H2,1-2H3,(H,19,21). The summed E-state index contributed by atoms with van der Waals surface area (Å²) in [4.78, 5) is 15.7. The Morgan fingerprint density at radius 1 is 1.35 bits per heavy atom. The van der Waals surface area contributed by atoms with Crippen LogP contribution in [0.25, 0.3) is 0 Å². The molecule has 1 amide bonds. The zero-order valence-corrected chi connectivity index (χ0v) is 13.4. The number of carbonyl (C=O) groups is 1. The van der Waals surface area contributed by atoms with Crippen molar-refractivity contribution in [2.45, 2.75) is 32.9 Å². The van der Waals surface area contributed by atoms with Crippen LogP contribution in [-0.2, 0) is 16.1 Å². The molecule has 0 radical (unpaired) electrons. The van der Waals surface area contributed by atoms with Crippen LogP contribution in [0.2, 0.25) is 0 Å². The summed E-state index contributed by atoms with van der Waals surface area (Å²) < 4.78 is 12.7. The number of aromatic nitrogens is 3. The first-order valence-electron chi connectivity index (χ1n) is 7.60. The van der Waals surface area contributed by atoms with Crippen LogP contribution in [0, 0.1) is 0 Å². The lowest BCUT2D eigenvalue weighted by atomic mass is 10.3. The quantitative estimate of drug-likeness (QED) is 0.766. The summed E-state index contributed by atoms with van der Waals surface area (Å²) in [6, 6.07) is 7.30. The number of nitrogens with zero attached hydrogens (tertiary/aromatic N) is 3. The van der Waals surface area contributed by atoms with Gasteiger partial charge in [0.2, 0.25) is 5.91 Å². The molecular formula is C16H22N4O3. The van der Waals surface area contributed by atoms with Crippen molar-refractivity contribution in [2.24, 2.45) is 0 Å². The molecule has 23 heavy (non-hydrogen) atoms. The largest absolute Gasteiger partial charge is 0.492 e. The number of hydrogen-bond acceptors (Lipinski definition) is 5. The normalized spacial score (nSPS) is 10.7. The molecule has 0 aliphatic carbocycles.